The van der Waals surface area contributed by atoms with E-state index in [2.05, 4.69) is 11.8 Å². The van der Waals surface area contributed by atoms with Gasteiger partial charge in [0.15, 0.2) is 46.5 Å². The van der Waals surface area contributed by atoms with Crippen LogP contribution in [-0.2, 0) is 11.8 Å². The molecule has 12 heteroatoms. The molecule has 2 aromatic carbocycles. The van der Waals surface area contributed by atoms with Gasteiger partial charge in [-0.3, -0.25) is 0 Å². The zero-order chi connectivity index (χ0) is 19.4. The molecule has 0 N–H and O–H groups in total. The molecule has 0 heterocycles. The minimum Gasteiger partial charge on any atom is -0.203 e. The second kappa shape index (κ2) is 6.28. The lowest BCUT2D eigenvalue weighted by Gasteiger charge is -2.21. The molecule has 0 bridgehead atoms. The first kappa shape index (κ1) is 19.7. The van der Waals surface area contributed by atoms with Crippen molar-refractivity contribution in [2.45, 2.75) is 0 Å². The maximum absolute atomic E-state index is 13.9. The van der Waals surface area contributed by atoms with Gasteiger partial charge in [0.25, 0.3) is 0 Å². The van der Waals surface area contributed by atoms with Gasteiger partial charge >= 0.3 is 0 Å². The van der Waals surface area contributed by atoms with Crippen LogP contribution in [0.15, 0.2) is 0 Å². The molecule has 0 nitrogen and oxygen atoms in total. The first-order chi connectivity index (χ1) is 11.4. The SMILES string of the molecule is CP(=S)(c1c(F)c(F)c(F)c(F)c1F)c1c(F)c(F)c(F)c(F)c1F. The molecule has 0 spiro atoms. The lowest BCUT2D eigenvalue weighted by molar-refractivity contribution is 0.383. The van der Waals surface area contributed by atoms with Crippen molar-refractivity contribution in [1.29, 1.82) is 0 Å². The van der Waals surface area contributed by atoms with Crippen molar-refractivity contribution in [3.8, 4) is 0 Å². The summed E-state index contributed by atoms with van der Waals surface area (Å²) >= 11 is 4.59. The highest BCUT2D eigenvalue weighted by Crippen LogP contribution is 2.44. The molecule has 0 amide bonds. The van der Waals surface area contributed by atoms with Gasteiger partial charge in [-0.25, -0.2) is 43.9 Å². The molecule has 0 aliphatic heterocycles. The van der Waals surface area contributed by atoms with Crippen molar-refractivity contribution in [3.63, 3.8) is 0 Å². The maximum atomic E-state index is 13.9. The summed E-state index contributed by atoms with van der Waals surface area (Å²) in [5.74, 6) is -25.0. The number of hydrogen-bond donors (Lipinski definition) is 0. The smallest absolute Gasteiger partial charge is 0.200 e. The lowest BCUT2D eigenvalue weighted by atomic mass is 10.3. The zero-order valence-corrected chi connectivity index (χ0v) is 13.3. The second-order valence-corrected chi connectivity index (χ2v) is 9.69. The maximum Gasteiger partial charge on any atom is 0.200 e. The molecular formula is C13H3F10PS. The van der Waals surface area contributed by atoms with Crippen LogP contribution in [0.4, 0.5) is 43.9 Å². The zero-order valence-electron chi connectivity index (χ0n) is 11.6. The van der Waals surface area contributed by atoms with Crippen LogP contribution in [0.1, 0.15) is 0 Å². The molecule has 136 valence electrons. The van der Waals surface area contributed by atoms with E-state index in [1.54, 1.807) is 0 Å². The van der Waals surface area contributed by atoms with E-state index in [4.69, 9.17) is 0 Å². The van der Waals surface area contributed by atoms with Crippen LogP contribution in [0.2, 0.25) is 0 Å². The highest BCUT2D eigenvalue weighted by atomic mass is 32.4. The molecule has 0 radical (unpaired) electrons. The van der Waals surface area contributed by atoms with Crippen LogP contribution in [0.5, 0.6) is 0 Å². The predicted molar refractivity (Wildman–Crippen MR) is 71.9 cm³/mol. The van der Waals surface area contributed by atoms with E-state index in [1.165, 1.54) is 0 Å². The third kappa shape index (κ3) is 2.73. The summed E-state index contributed by atoms with van der Waals surface area (Å²) in [6.07, 6.45) is 0. The number of rotatable bonds is 2. The minimum absolute atomic E-state index is 0.471. The van der Waals surface area contributed by atoms with Crippen molar-refractivity contribution >= 4 is 28.5 Å². The summed E-state index contributed by atoms with van der Waals surface area (Å²) in [7, 11) is 0. The third-order valence-corrected chi connectivity index (χ3v) is 6.81. The van der Waals surface area contributed by atoms with Crippen molar-refractivity contribution in [1.82, 2.24) is 0 Å². The number of hydrogen-bond acceptors (Lipinski definition) is 1. The highest BCUT2D eigenvalue weighted by molar-refractivity contribution is 8.21. The second-order valence-electron chi connectivity index (χ2n) is 4.76. The molecule has 2 aromatic rings. The van der Waals surface area contributed by atoms with Gasteiger partial charge in [-0.15, -0.1) is 0 Å². The summed E-state index contributed by atoms with van der Waals surface area (Å²) in [4.78, 5) is 0. The van der Waals surface area contributed by atoms with E-state index in [0.717, 1.165) is 0 Å². The molecule has 0 fully saturated rings. The van der Waals surface area contributed by atoms with Crippen LogP contribution in [-0.4, -0.2) is 6.66 Å². The van der Waals surface area contributed by atoms with E-state index >= 15 is 0 Å². The molecule has 0 aliphatic carbocycles. The largest absolute Gasteiger partial charge is 0.203 e. The van der Waals surface area contributed by atoms with Gasteiger partial charge in [0.05, 0.1) is 10.6 Å². The molecule has 0 saturated heterocycles. The van der Waals surface area contributed by atoms with Crippen molar-refractivity contribution in [2.24, 2.45) is 0 Å². The Labute approximate surface area is 138 Å². The van der Waals surface area contributed by atoms with E-state index in [0.29, 0.717) is 6.66 Å². The Balaban J connectivity index is 2.99. The van der Waals surface area contributed by atoms with Crippen LogP contribution in [0, 0.1) is 58.2 Å². The Morgan fingerprint density at radius 3 is 0.800 bits per heavy atom. The van der Waals surface area contributed by atoms with Gasteiger partial charge in [0.1, 0.15) is 0 Å². The van der Waals surface area contributed by atoms with Gasteiger partial charge in [-0.1, -0.05) is 11.8 Å². The Morgan fingerprint density at radius 1 is 0.440 bits per heavy atom. The quantitative estimate of drug-likeness (QED) is 0.309. The van der Waals surface area contributed by atoms with Crippen LogP contribution in [0.3, 0.4) is 0 Å². The van der Waals surface area contributed by atoms with Crippen LogP contribution < -0.4 is 10.6 Å². The minimum atomic E-state index is -4.66. The van der Waals surface area contributed by atoms with E-state index in [9.17, 15) is 43.9 Å². The summed E-state index contributed by atoms with van der Waals surface area (Å²) in [6, 6.07) is -4.66. The average Bonchev–Trinajstić information content (AvgIpc) is 2.54. The fourth-order valence-electron chi connectivity index (χ4n) is 2.05. The fourth-order valence-corrected chi connectivity index (χ4v) is 5.12. The number of halogens is 10. The van der Waals surface area contributed by atoms with Gasteiger partial charge in [-0.2, -0.15) is 0 Å². The topological polar surface area (TPSA) is 0 Å². The molecule has 0 aliphatic rings. The van der Waals surface area contributed by atoms with E-state index < -0.39 is 74.8 Å². The highest BCUT2D eigenvalue weighted by Gasteiger charge is 2.39. The summed E-state index contributed by atoms with van der Waals surface area (Å²) < 4.78 is 135. The normalized spacial score (nSPS) is 12.0. The molecule has 2 rings (SSSR count). The first-order valence-corrected chi connectivity index (χ1v) is 9.22. The Morgan fingerprint density at radius 2 is 0.600 bits per heavy atom. The Hall–Kier alpha value is -1.61. The average molecular weight is 412 g/mol. The molecule has 25 heavy (non-hydrogen) atoms. The Kier molecular flexibility index (Phi) is 4.95. The van der Waals surface area contributed by atoms with Crippen LogP contribution >= 0.6 is 6.04 Å². The predicted octanol–water partition coefficient (Wildman–Crippen LogP) is 4.14. The fraction of sp³-hybridized carbons (Fsp3) is 0.0769. The van der Waals surface area contributed by atoms with E-state index in [-0.39, 0.29) is 0 Å². The number of benzene rings is 2. The summed E-state index contributed by atoms with van der Waals surface area (Å²) in [5, 5.41) is -3.63. The third-order valence-electron chi connectivity index (χ3n) is 3.23. The van der Waals surface area contributed by atoms with Gasteiger partial charge in [0, 0.05) is 6.04 Å². The van der Waals surface area contributed by atoms with Crippen molar-refractivity contribution < 1.29 is 43.9 Å². The molecule has 0 saturated carbocycles. The molecular weight excluding hydrogens is 409 g/mol. The van der Waals surface area contributed by atoms with E-state index in [1.807, 2.05) is 0 Å². The standard InChI is InChI=1S/C13H3F10PS/c1-24(25,12-8(20)4(16)2(14)5(17)9(12)21)13-10(22)6(18)3(15)7(19)11(13)23/h1H3. The monoisotopic (exact) mass is 412 g/mol. The molecule has 0 unspecified atom stereocenters. The van der Waals surface area contributed by atoms with Crippen molar-refractivity contribution in [3.05, 3.63) is 58.2 Å². The summed E-state index contributed by atoms with van der Waals surface area (Å²) in [5.41, 5.74) is 0. The van der Waals surface area contributed by atoms with Crippen LogP contribution in [0.25, 0.3) is 0 Å². The van der Waals surface area contributed by atoms with Crippen molar-refractivity contribution in [2.75, 3.05) is 6.66 Å². The van der Waals surface area contributed by atoms with Gasteiger partial charge < -0.3 is 0 Å². The van der Waals surface area contributed by atoms with Gasteiger partial charge in [0.2, 0.25) is 11.6 Å². The Bertz CT molecular complexity index is 823. The first-order valence-electron chi connectivity index (χ1n) is 5.97. The molecule has 0 atom stereocenters. The summed E-state index contributed by atoms with van der Waals surface area (Å²) in [6.45, 7) is 0.471. The van der Waals surface area contributed by atoms with Gasteiger partial charge in [-0.05, 0) is 6.66 Å². The lowest BCUT2D eigenvalue weighted by Crippen LogP contribution is -2.30. The molecule has 0 aromatic heterocycles.